The van der Waals surface area contributed by atoms with Crippen LogP contribution in [-0.4, -0.2) is 24.1 Å². The first-order valence-electron chi connectivity index (χ1n) is 9.60. The van der Waals surface area contributed by atoms with Crippen molar-refractivity contribution in [1.82, 2.24) is 4.90 Å². The highest BCUT2D eigenvalue weighted by molar-refractivity contribution is 5.86. The summed E-state index contributed by atoms with van der Waals surface area (Å²) >= 11 is 0. The molecular weight excluding hydrogens is 342 g/mol. The van der Waals surface area contributed by atoms with Crippen molar-refractivity contribution < 1.29 is 5.11 Å². The zero-order chi connectivity index (χ0) is 19.6. The molecule has 0 aliphatic heterocycles. The Morgan fingerprint density at radius 3 is 1.71 bits per heavy atom. The van der Waals surface area contributed by atoms with Crippen molar-refractivity contribution in [3.05, 3.63) is 120 Å². The van der Waals surface area contributed by atoms with Gasteiger partial charge >= 0.3 is 0 Å². The van der Waals surface area contributed by atoms with E-state index in [0.717, 1.165) is 22.1 Å². The summed E-state index contributed by atoms with van der Waals surface area (Å²) in [7, 11) is 4.06. The number of likely N-dealkylation sites (N-methyl/N-ethyl adjacent to an activating group) is 1. The molecule has 140 valence electrons. The van der Waals surface area contributed by atoms with Gasteiger partial charge in [-0.2, -0.15) is 0 Å². The number of hydrogen-bond acceptors (Lipinski definition) is 2. The SMILES string of the molecule is CN(C)C(c1cccc2ccccc12)C(O)(c1ccccc1)c1ccccc1. The second kappa shape index (κ2) is 7.59. The van der Waals surface area contributed by atoms with Crippen LogP contribution in [-0.2, 0) is 5.60 Å². The minimum Gasteiger partial charge on any atom is -0.378 e. The van der Waals surface area contributed by atoms with Gasteiger partial charge in [0.2, 0.25) is 0 Å². The molecule has 0 saturated carbocycles. The molecule has 0 bridgehead atoms. The predicted molar refractivity (Wildman–Crippen MR) is 116 cm³/mol. The number of benzene rings is 4. The third-order valence-electron chi connectivity index (χ3n) is 5.46. The maximum Gasteiger partial charge on any atom is 0.134 e. The summed E-state index contributed by atoms with van der Waals surface area (Å²) in [6, 6.07) is 34.4. The van der Waals surface area contributed by atoms with Crippen molar-refractivity contribution in [3.63, 3.8) is 0 Å². The fraction of sp³-hybridized carbons (Fsp3) is 0.154. The van der Waals surface area contributed by atoms with Gasteiger partial charge in [-0.05, 0) is 41.6 Å². The fourth-order valence-corrected chi connectivity index (χ4v) is 4.23. The monoisotopic (exact) mass is 367 g/mol. The van der Waals surface area contributed by atoms with Gasteiger partial charge in [-0.15, -0.1) is 0 Å². The molecule has 1 unspecified atom stereocenters. The lowest BCUT2D eigenvalue weighted by molar-refractivity contribution is -0.00410. The van der Waals surface area contributed by atoms with E-state index in [2.05, 4.69) is 47.4 Å². The molecule has 4 aromatic carbocycles. The second-order valence-corrected chi connectivity index (χ2v) is 7.43. The molecule has 0 amide bonds. The first kappa shape index (κ1) is 18.4. The average molecular weight is 367 g/mol. The topological polar surface area (TPSA) is 23.5 Å². The lowest BCUT2D eigenvalue weighted by atomic mass is 9.76. The molecule has 0 saturated heterocycles. The Kier molecular flexibility index (Phi) is 4.99. The van der Waals surface area contributed by atoms with Gasteiger partial charge < -0.3 is 5.11 Å². The predicted octanol–water partition coefficient (Wildman–Crippen LogP) is 5.38. The van der Waals surface area contributed by atoms with Crippen LogP contribution in [0.5, 0.6) is 0 Å². The highest BCUT2D eigenvalue weighted by atomic mass is 16.3. The normalized spacial score (nSPS) is 13.0. The Labute approximate surface area is 166 Å². The molecule has 0 heterocycles. The molecular formula is C26H25NO. The molecule has 1 atom stereocenters. The van der Waals surface area contributed by atoms with Crippen LogP contribution in [0.4, 0.5) is 0 Å². The van der Waals surface area contributed by atoms with Crippen molar-refractivity contribution in [1.29, 1.82) is 0 Å². The molecule has 0 aliphatic carbocycles. The van der Waals surface area contributed by atoms with Crippen molar-refractivity contribution in [3.8, 4) is 0 Å². The quantitative estimate of drug-likeness (QED) is 0.512. The molecule has 0 fully saturated rings. The molecule has 1 N–H and O–H groups in total. The van der Waals surface area contributed by atoms with E-state index in [9.17, 15) is 5.11 Å². The van der Waals surface area contributed by atoms with E-state index >= 15 is 0 Å². The van der Waals surface area contributed by atoms with Gasteiger partial charge in [0, 0.05) is 0 Å². The first-order chi connectivity index (χ1) is 13.6. The van der Waals surface area contributed by atoms with Crippen LogP contribution in [0.1, 0.15) is 22.7 Å². The van der Waals surface area contributed by atoms with Crippen molar-refractivity contribution in [2.75, 3.05) is 14.1 Å². The maximum absolute atomic E-state index is 12.4. The van der Waals surface area contributed by atoms with Gasteiger partial charge in [0.05, 0.1) is 6.04 Å². The van der Waals surface area contributed by atoms with E-state index < -0.39 is 5.60 Å². The summed E-state index contributed by atoms with van der Waals surface area (Å²) in [5.41, 5.74) is 1.68. The van der Waals surface area contributed by atoms with Crippen molar-refractivity contribution >= 4 is 10.8 Å². The van der Waals surface area contributed by atoms with Crippen LogP contribution >= 0.6 is 0 Å². The van der Waals surface area contributed by atoms with Crippen LogP contribution in [0.25, 0.3) is 10.8 Å². The third kappa shape index (κ3) is 3.11. The van der Waals surface area contributed by atoms with Crippen LogP contribution in [0.2, 0.25) is 0 Å². The minimum absolute atomic E-state index is 0.261. The van der Waals surface area contributed by atoms with E-state index in [-0.39, 0.29) is 6.04 Å². The smallest absolute Gasteiger partial charge is 0.134 e. The Morgan fingerprint density at radius 1 is 0.643 bits per heavy atom. The van der Waals surface area contributed by atoms with Crippen LogP contribution in [0.15, 0.2) is 103 Å². The highest BCUT2D eigenvalue weighted by Gasteiger charge is 2.43. The number of aliphatic hydroxyl groups is 1. The zero-order valence-corrected chi connectivity index (χ0v) is 16.3. The second-order valence-electron chi connectivity index (χ2n) is 7.43. The Morgan fingerprint density at radius 2 is 1.14 bits per heavy atom. The van der Waals surface area contributed by atoms with E-state index in [1.165, 1.54) is 5.39 Å². The highest BCUT2D eigenvalue weighted by Crippen LogP contribution is 2.45. The Hall–Kier alpha value is -2.94. The minimum atomic E-state index is -1.20. The van der Waals surface area contributed by atoms with Gasteiger partial charge in [-0.1, -0.05) is 103 Å². The van der Waals surface area contributed by atoms with Crippen molar-refractivity contribution in [2.24, 2.45) is 0 Å². The molecule has 0 spiro atoms. The van der Waals surface area contributed by atoms with Gasteiger partial charge in [0.1, 0.15) is 5.60 Å². The van der Waals surface area contributed by atoms with Crippen LogP contribution in [0, 0.1) is 0 Å². The lowest BCUT2D eigenvalue weighted by Gasteiger charge is -2.41. The summed E-state index contributed by atoms with van der Waals surface area (Å²) in [6.07, 6.45) is 0. The van der Waals surface area contributed by atoms with E-state index in [1.807, 2.05) is 74.8 Å². The molecule has 2 heteroatoms. The molecule has 0 aromatic heterocycles. The average Bonchev–Trinajstić information content (AvgIpc) is 2.75. The summed E-state index contributed by atoms with van der Waals surface area (Å²) in [5, 5.41) is 14.7. The lowest BCUT2D eigenvalue weighted by Crippen LogP contribution is -2.42. The number of fused-ring (bicyclic) bond motifs is 1. The Balaban J connectivity index is 2.02. The molecule has 2 nitrogen and oxygen atoms in total. The Bertz CT molecular complexity index is 1010. The zero-order valence-electron chi connectivity index (χ0n) is 16.3. The third-order valence-corrected chi connectivity index (χ3v) is 5.46. The van der Waals surface area contributed by atoms with Gasteiger partial charge in [0.25, 0.3) is 0 Å². The molecule has 28 heavy (non-hydrogen) atoms. The summed E-state index contributed by atoms with van der Waals surface area (Å²) in [5.74, 6) is 0. The van der Waals surface area contributed by atoms with Gasteiger partial charge in [-0.3, -0.25) is 4.90 Å². The molecule has 0 aliphatic rings. The molecule has 4 rings (SSSR count). The number of nitrogens with zero attached hydrogens (tertiary/aromatic N) is 1. The number of rotatable bonds is 5. The summed E-state index contributed by atoms with van der Waals surface area (Å²) < 4.78 is 0. The largest absolute Gasteiger partial charge is 0.378 e. The number of hydrogen-bond donors (Lipinski definition) is 1. The summed E-state index contributed by atoms with van der Waals surface area (Å²) in [4.78, 5) is 2.11. The first-order valence-corrected chi connectivity index (χ1v) is 9.60. The summed E-state index contributed by atoms with van der Waals surface area (Å²) in [6.45, 7) is 0. The van der Waals surface area contributed by atoms with Gasteiger partial charge in [0.15, 0.2) is 0 Å². The van der Waals surface area contributed by atoms with Crippen molar-refractivity contribution in [2.45, 2.75) is 11.6 Å². The standard InChI is InChI=1S/C26H25NO/c1-27(2)25(24-19-11-13-20-12-9-10-18-23(20)24)26(28,21-14-5-3-6-15-21)22-16-7-4-8-17-22/h3-19,25,28H,1-2H3. The maximum atomic E-state index is 12.4. The van der Waals surface area contributed by atoms with Crippen LogP contribution in [0.3, 0.4) is 0 Å². The molecule has 4 aromatic rings. The van der Waals surface area contributed by atoms with E-state index in [4.69, 9.17) is 0 Å². The van der Waals surface area contributed by atoms with E-state index in [1.54, 1.807) is 0 Å². The fourth-order valence-electron chi connectivity index (χ4n) is 4.23. The van der Waals surface area contributed by atoms with Crippen LogP contribution < -0.4 is 0 Å². The van der Waals surface area contributed by atoms with E-state index in [0.29, 0.717) is 0 Å². The molecule has 0 radical (unpaired) electrons. The van der Waals surface area contributed by atoms with Gasteiger partial charge in [-0.25, -0.2) is 0 Å².